The number of hydrogen-bond acceptors (Lipinski definition) is 5. The highest BCUT2D eigenvalue weighted by Crippen LogP contribution is 2.37. The quantitative estimate of drug-likeness (QED) is 0.470. The molecule has 1 unspecified atom stereocenters. The van der Waals surface area contributed by atoms with Gasteiger partial charge >= 0.3 is 0 Å². The Morgan fingerprint density at radius 1 is 1.15 bits per heavy atom. The summed E-state index contributed by atoms with van der Waals surface area (Å²) in [4.78, 5) is 12.1. The van der Waals surface area contributed by atoms with Crippen LogP contribution in [0, 0.1) is 0 Å². The molecule has 4 rings (SSSR count). The summed E-state index contributed by atoms with van der Waals surface area (Å²) in [6.45, 7) is 1.67. The van der Waals surface area contributed by atoms with Gasteiger partial charge in [0.05, 0.1) is 5.69 Å². The second-order valence-electron chi connectivity index (χ2n) is 6.41. The Balaban J connectivity index is 1.80. The van der Waals surface area contributed by atoms with E-state index in [1.807, 2.05) is 6.08 Å². The molecule has 6 nitrogen and oxygen atoms in total. The van der Waals surface area contributed by atoms with Crippen LogP contribution < -0.4 is 0 Å². The van der Waals surface area contributed by atoms with Crippen LogP contribution in [0.4, 0.5) is 0 Å². The van der Waals surface area contributed by atoms with E-state index in [2.05, 4.69) is 15.0 Å². The van der Waals surface area contributed by atoms with Gasteiger partial charge in [-0.25, -0.2) is 27.3 Å². The van der Waals surface area contributed by atoms with Gasteiger partial charge in [0.1, 0.15) is 10.3 Å². The molecule has 3 aromatic rings. The molecule has 1 atom stereocenters. The zero-order valence-corrected chi connectivity index (χ0v) is 16.5. The molecule has 3 aromatic heterocycles. The maximum absolute atomic E-state index is 13.5. The molecular weight excluding hydrogens is 407 g/mol. The third kappa shape index (κ3) is 2.96. The molecule has 0 N–H and O–H groups in total. The van der Waals surface area contributed by atoms with Gasteiger partial charge in [-0.15, -0.1) is 0 Å². The second-order valence-corrected chi connectivity index (χ2v) is 9.38. The van der Waals surface area contributed by atoms with Gasteiger partial charge < -0.3 is 0 Å². The van der Waals surface area contributed by atoms with E-state index < -0.39 is 14.8 Å². The fraction of sp³-hybridized carbons (Fsp3) is 0.167. The minimum absolute atomic E-state index is 0.113. The third-order valence-electron chi connectivity index (χ3n) is 4.61. The highest BCUT2D eigenvalue weighted by atomic mass is 35.5. The Morgan fingerprint density at radius 2 is 1.93 bits per heavy atom. The Labute approximate surface area is 166 Å². The van der Waals surface area contributed by atoms with Crippen molar-refractivity contribution in [3.05, 3.63) is 71.1 Å². The zero-order valence-electron chi connectivity index (χ0n) is 14.2. The van der Waals surface area contributed by atoms with Crippen LogP contribution in [-0.4, -0.2) is 32.1 Å². The molecule has 3 heterocycles. The summed E-state index contributed by atoms with van der Waals surface area (Å²) in [5.74, 6) is 0. The van der Waals surface area contributed by atoms with E-state index >= 15 is 0 Å². The van der Waals surface area contributed by atoms with Gasteiger partial charge in [0, 0.05) is 24.0 Å². The van der Waals surface area contributed by atoms with E-state index in [9.17, 15) is 8.42 Å². The second kappa shape index (κ2) is 6.44. The minimum atomic E-state index is -3.83. The normalized spacial score (nSPS) is 20.0. The SMILES string of the molecule is CC1(S(=O)(=O)n2ccc3ccnc(Cl)c32)C=CC=C(c2ccnc(Cl)n2)C1. The van der Waals surface area contributed by atoms with Crippen LogP contribution >= 0.6 is 23.2 Å². The lowest BCUT2D eigenvalue weighted by atomic mass is 9.93. The monoisotopic (exact) mass is 420 g/mol. The molecule has 0 spiro atoms. The first-order chi connectivity index (χ1) is 12.8. The minimum Gasteiger partial charge on any atom is -0.242 e. The molecule has 27 heavy (non-hydrogen) atoms. The number of aromatic nitrogens is 4. The number of nitrogens with zero attached hydrogens (tertiary/aromatic N) is 4. The van der Waals surface area contributed by atoms with E-state index in [-0.39, 0.29) is 16.9 Å². The van der Waals surface area contributed by atoms with Crippen LogP contribution in [-0.2, 0) is 10.0 Å². The summed E-state index contributed by atoms with van der Waals surface area (Å²) in [5.41, 5.74) is 1.72. The van der Waals surface area contributed by atoms with Crippen LogP contribution in [0.1, 0.15) is 19.0 Å². The van der Waals surface area contributed by atoms with Gasteiger partial charge in [0.15, 0.2) is 5.15 Å². The van der Waals surface area contributed by atoms with Crippen LogP contribution in [0.3, 0.4) is 0 Å². The number of pyridine rings is 1. The standard InChI is InChI=1S/C18H14Cl2N4O2S/c1-18(7-2-3-13(11-18)14-5-9-22-17(20)23-14)27(25,26)24-10-6-12-4-8-21-16(19)15(12)24/h2-10H,11H2,1H3. The molecule has 0 saturated carbocycles. The van der Waals surface area contributed by atoms with E-state index in [0.29, 0.717) is 16.6 Å². The highest BCUT2D eigenvalue weighted by molar-refractivity contribution is 7.91. The molecule has 0 bridgehead atoms. The van der Waals surface area contributed by atoms with Gasteiger partial charge in [0.25, 0.3) is 0 Å². The van der Waals surface area contributed by atoms with Crippen LogP contribution in [0.25, 0.3) is 16.5 Å². The average molecular weight is 421 g/mol. The lowest BCUT2D eigenvalue weighted by Gasteiger charge is -2.30. The first-order valence-corrected chi connectivity index (χ1v) is 10.3. The lowest BCUT2D eigenvalue weighted by molar-refractivity contribution is 0.556. The van der Waals surface area contributed by atoms with E-state index in [4.69, 9.17) is 23.2 Å². The molecule has 0 fully saturated rings. The smallest absolute Gasteiger partial charge is 0.242 e. The first kappa shape index (κ1) is 18.2. The van der Waals surface area contributed by atoms with Crippen molar-refractivity contribution in [2.45, 2.75) is 18.1 Å². The van der Waals surface area contributed by atoms with Crippen molar-refractivity contribution in [2.24, 2.45) is 0 Å². The molecule has 1 aliphatic carbocycles. The number of rotatable bonds is 3. The fourth-order valence-electron chi connectivity index (χ4n) is 3.17. The Kier molecular flexibility index (Phi) is 4.33. The van der Waals surface area contributed by atoms with E-state index in [1.54, 1.807) is 49.7 Å². The Hall–Kier alpha value is -2.22. The van der Waals surface area contributed by atoms with Crippen molar-refractivity contribution in [3.8, 4) is 0 Å². The topological polar surface area (TPSA) is 77.7 Å². The molecular formula is C18H14Cl2N4O2S. The predicted octanol–water partition coefficient (Wildman–Crippen LogP) is 4.11. The highest BCUT2D eigenvalue weighted by Gasteiger charge is 2.41. The van der Waals surface area contributed by atoms with Crippen LogP contribution in [0.2, 0.25) is 10.4 Å². The molecule has 1 aliphatic rings. The molecule has 0 aromatic carbocycles. The first-order valence-electron chi connectivity index (χ1n) is 8.06. The maximum atomic E-state index is 13.5. The summed E-state index contributed by atoms with van der Waals surface area (Å²) < 4.78 is 27.1. The van der Waals surface area contributed by atoms with Crippen molar-refractivity contribution >= 4 is 49.7 Å². The van der Waals surface area contributed by atoms with Gasteiger partial charge in [0.2, 0.25) is 15.3 Å². The Morgan fingerprint density at radius 3 is 2.70 bits per heavy atom. The summed E-state index contributed by atoms with van der Waals surface area (Å²) in [6.07, 6.45) is 10.0. The largest absolute Gasteiger partial charge is 0.248 e. The van der Waals surface area contributed by atoms with Crippen LogP contribution in [0.5, 0.6) is 0 Å². The molecule has 0 amide bonds. The molecule has 0 aliphatic heterocycles. The average Bonchev–Trinajstić information content (AvgIpc) is 3.08. The Bertz CT molecular complexity index is 1220. The molecule has 138 valence electrons. The third-order valence-corrected chi connectivity index (χ3v) is 7.35. The van der Waals surface area contributed by atoms with Crippen LogP contribution in [0.15, 0.2) is 55.0 Å². The van der Waals surface area contributed by atoms with Crippen molar-refractivity contribution in [3.63, 3.8) is 0 Å². The summed E-state index contributed by atoms with van der Waals surface area (Å²) in [6, 6.07) is 5.13. The fourth-order valence-corrected chi connectivity index (χ4v) is 5.32. The van der Waals surface area contributed by atoms with Gasteiger partial charge in [-0.2, -0.15) is 0 Å². The number of allylic oxidation sites excluding steroid dienone is 3. The van der Waals surface area contributed by atoms with Gasteiger partial charge in [-0.3, -0.25) is 0 Å². The molecule has 0 radical (unpaired) electrons. The van der Waals surface area contributed by atoms with Crippen molar-refractivity contribution < 1.29 is 8.42 Å². The summed E-state index contributed by atoms with van der Waals surface area (Å²) in [5, 5.41) is 0.963. The summed E-state index contributed by atoms with van der Waals surface area (Å²) >= 11 is 12.1. The zero-order chi connectivity index (χ0) is 19.2. The van der Waals surface area contributed by atoms with Crippen molar-refractivity contribution in [1.29, 1.82) is 0 Å². The molecule has 0 saturated heterocycles. The molecule has 9 heteroatoms. The lowest BCUT2D eigenvalue weighted by Crippen LogP contribution is -2.38. The van der Waals surface area contributed by atoms with E-state index in [1.165, 1.54) is 10.2 Å². The predicted molar refractivity (Wildman–Crippen MR) is 106 cm³/mol. The van der Waals surface area contributed by atoms with Gasteiger partial charge in [-0.05, 0) is 48.7 Å². The maximum Gasteiger partial charge on any atom is 0.248 e. The van der Waals surface area contributed by atoms with Crippen molar-refractivity contribution in [1.82, 2.24) is 18.9 Å². The van der Waals surface area contributed by atoms with Gasteiger partial charge in [-0.1, -0.05) is 29.8 Å². The van der Waals surface area contributed by atoms with Crippen molar-refractivity contribution in [2.75, 3.05) is 0 Å². The summed E-state index contributed by atoms with van der Waals surface area (Å²) in [7, 11) is -3.83. The number of fused-ring (bicyclic) bond motifs is 1. The number of hydrogen-bond donors (Lipinski definition) is 0. The number of halogens is 2. The van der Waals surface area contributed by atoms with E-state index in [0.717, 1.165) is 5.57 Å².